The maximum Gasteiger partial charge on any atom is 0.417 e. The summed E-state index contributed by atoms with van der Waals surface area (Å²) in [6, 6.07) is 0.866. The standard InChI is InChI=1S/C9H6F3NO/c10-9(11,12)8-3-4-13-6-7(8)2-1-5-14/h1-6H/b2-1+. The first kappa shape index (κ1) is 10.4. The van der Waals surface area contributed by atoms with Crippen LogP contribution in [0.1, 0.15) is 11.1 Å². The minimum Gasteiger partial charge on any atom is -0.299 e. The molecule has 0 N–H and O–H groups in total. The van der Waals surface area contributed by atoms with Crippen LogP contribution in [-0.4, -0.2) is 11.3 Å². The number of alkyl halides is 3. The van der Waals surface area contributed by atoms with Crippen molar-refractivity contribution in [3.8, 4) is 0 Å². The van der Waals surface area contributed by atoms with Gasteiger partial charge in [-0.2, -0.15) is 13.2 Å². The number of halogens is 3. The first-order valence-electron chi connectivity index (χ1n) is 3.69. The number of nitrogens with zero attached hydrogens (tertiary/aromatic N) is 1. The molecule has 0 fully saturated rings. The third-order valence-electron chi connectivity index (χ3n) is 1.51. The zero-order valence-electron chi connectivity index (χ0n) is 6.95. The van der Waals surface area contributed by atoms with E-state index in [1.165, 1.54) is 0 Å². The van der Waals surface area contributed by atoms with Gasteiger partial charge < -0.3 is 0 Å². The Bertz CT molecular complexity index is 357. The van der Waals surface area contributed by atoms with Gasteiger partial charge in [0.15, 0.2) is 0 Å². The molecule has 0 unspecified atom stereocenters. The van der Waals surface area contributed by atoms with Gasteiger partial charge in [0.05, 0.1) is 5.56 Å². The summed E-state index contributed by atoms with van der Waals surface area (Å²) in [7, 11) is 0. The molecule has 0 saturated heterocycles. The maximum absolute atomic E-state index is 12.3. The minimum absolute atomic E-state index is 0.118. The van der Waals surface area contributed by atoms with E-state index >= 15 is 0 Å². The summed E-state index contributed by atoms with van der Waals surface area (Å²) in [6.07, 6.45) is 0.164. The lowest BCUT2D eigenvalue weighted by Crippen LogP contribution is -2.07. The van der Waals surface area contributed by atoms with Crippen molar-refractivity contribution in [1.29, 1.82) is 0 Å². The average molecular weight is 201 g/mol. The molecule has 74 valence electrons. The zero-order valence-corrected chi connectivity index (χ0v) is 6.95. The van der Waals surface area contributed by atoms with Gasteiger partial charge in [0.2, 0.25) is 0 Å². The second-order valence-electron chi connectivity index (χ2n) is 2.46. The lowest BCUT2D eigenvalue weighted by atomic mass is 10.1. The van der Waals surface area contributed by atoms with E-state index in [2.05, 4.69) is 4.98 Å². The Kier molecular flexibility index (Phi) is 3.01. The third-order valence-corrected chi connectivity index (χ3v) is 1.51. The summed E-state index contributed by atoms with van der Waals surface area (Å²) in [5.74, 6) is 0. The number of hydrogen-bond acceptors (Lipinski definition) is 2. The van der Waals surface area contributed by atoms with E-state index in [9.17, 15) is 18.0 Å². The molecule has 1 rings (SSSR count). The van der Waals surface area contributed by atoms with Crippen LogP contribution in [0.15, 0.2) is 24.5 Å². The Morgan fingerprint density at radius 1 is 1.36 bits per heavy atom. The molecule has 0 bridgehead atoms. The molecule has 0 aliphatic carbocycles. The molecule has 0 saturated carbocycles. The Balaban J connectivity index is 3.16. The van der Waals surface area contributed by atoms with E-state index < -0.39 is 11.7 Å². The van der Waals surface area contributed by atoms with Crippen molar-refractivity contribution in [2.24, 2.45) is 0 Å². The van der Waals surface area contributed by atoms with Crippen LogP contribution in [0.5, 0.6) is 0 Å². The van der Waals surface area contributed by atoms with Crippen LogP contribution in [0.25, 0.3) is 6.08 Å². The predicted octanol–water partition coefficient (Wildman–Crippen LogP) is 2.31. The number of aromatic nitrogens is 1. The number of hydrogen-bond donors (Lipinski definition) is 0. The van der Waals surface area contributed by atoms with Crippen molar-refractivity contribution < 1.29 is 18.0 Å². The Morgan fingerprint density at radius 3 is 2.64 bits per heavy atom. The van der Waals surface area contributed by atoms with Crippen LogP contribution in [0.3, 0.4) is 0 Å². The van der Waals surface area contributed by atoms with Crippen molar-refractivity contribution in [2.75, 3.05) is 0 Å². The smallest absolute Gasteiger partial charge is 0.299 e. The zero-order chi connectivity index (χ0) is 10.6. The number of aldehydes is 1. The largest absolute Gasteiger partial charge is 0.417 e. The molecule has 14 heavy (non-hydrogen) atoms. The number of rotatable bonds is 2. The minimum atomic E-state index is -4.43. The fourth-order valence-electron chi connectivity index (χ4n) is 0.941. The van der Waals surface area contributed by atoms with Gasteiger partial charge in [0.1, 0.15) is 6.29 Å². The third kappa shape index (κ3) is 2.42. The van der Waals surface area contributed by atoms with Gasteiger partial charge in [-0.1, -0.05) is 0 Å². The van der Waals surface area contributed by atoms with Crippen LogP contribution in [0.2, 0.25) is 0 Å². The number of carbonyl (C=O) groups is 1. The Labute approximate surface area is 78.1 Å². The quantitative estimate of drug-likeness (QED) is 0.542. The molecule has 0 aliphatic heterocycles. The van der Waals surface area contributed by atoms with Crippen LogP contribution < -0.4 is 0 Å². The molecular formula is C9H6F3NO. The maximum atomic E-state index is 12.3. The second-order valence-corrected chi connectivity index (χ2v) is 2.46. The lowest BCUT2D eigenvalue weighted by molar-refractivity contribution is -0.137. The summed E-state index contributed by atoms with van der Waals surface area (Å²) in [4.78, 5) is 13.5. The summed E-state index contributed by atoms with van der Waals surface area (Å²) in [5.41, 5.74) is -0.919. The van der Waals surface area contributed by atoms with Gasteiger partial charge >= 0.3 is 6.18 Å². The molecule has 1 aromatic heterocycles. The van der Waals surface area contributed by atoms with Crippen molar-refractivity contribution in [3.63, 3.8) is 0 Å². The molecule has 1 aromatic rings. The molecule has 2 nitrogen and oxygen atoms in total. The topological polar surface area (TPSA) is 30.0 Å². The van der Waals surface area contributed by atoms with E-state index in [-0.39, 0.29) is 5.56 Å². The van der Waals surface area contributed by atoms with Crippen LogP contribution in [0, 0.1) is 0 Å². The summed E-state index contributed by atoms with van der Waals surface area (Å²) in [5, 5.41) is 0. The van der Waals surface area contributed by atoms with E-state index in [0.717, 1.165) is 30.6 Å². The van der Waals surface area contributed by atoms with Crippen LogP contribution >= 0.6 is 0 Å². The van der Waals surface area contributed by atoms with Gasteiger partial charge in [-0.3, -0.25) is 9.78 Å². The SMILES string of the molecule is O=C/C=C/c1cnccc1C(F)(F)F. The van der Waals surface area contributed by atoms with E-state index in [1.54, 1.807) is 0 Å². The lowest BCUT2D eigenvalue weighted by Gasteiger charge is -2.08. The van der Waals surface area contributed by atoms with E-state index in [1.807, 2.05) is 0 Å². The van der Waals surface area contributed by atoms with Gasteiger partial charge in [-0.25, -0.2) is 0 Å². The van der Waals surface area contributed by atoms with Gasteiger partial charge in [0.25, 0.3) is 0 Å². The summed E-state index contributed by atoms with van der Waals surface area (Å²) >= 11 is 0. The van der Waals surface area contributed by atoms with Crippen molar-refractivity contribution in [2.45, 2.75) is 6.18 Å². The number of pyridine rings is 1. The number of carbonyl (C=O) groups excluding carboxylic acids is 1. The number of allylic oxidation sites excluding steroid dienone is 1. The predicted molar refractivity (Wildman–Crippen MR) is 44.3 cm³/mol. The Morgan fingerprint density at radius 2 is 2.07 bits per heavy atom. The van der Waals surface area contributed by atoms with Gasteiger partial charge in [-0.05, 0) is 18.2 Å². The molecule has 0 atom stereocenters. The average Bonchev–Trinajstić information content (AvgIpc) is 2.14. The highest BCUT2D eigenvalue weighted by atomic mass is 19.4. The normalized spacial score (nSPS) is 11.9. The highest BCUT2D eigenvalue weighted by Crippen LogP contribution is 2.31. The van der Waals surface area contributed by atoms with Crippen molar-refractivity contribution in [1.82, 2.24) is 4.98 Å². The highest BCUT2D eigenvalue weighted by Gasteiger charge is 2.32. The van der Waals surface area contributed by atoms with E-state index in [4.69, 9.17) is 0 Å². The molecule has 0 aromatic carbocycles. The first-order valence-corrected chi connectivity index (χ1v) is 3.69. The molecule has 0 radical (unpaired) electrons. The fourth-order valence-corrected chi connectivity index (χ4v) is 0.941. The summed E-state index contributed by atoms with van der Waals surface area (Å²) < 4.78 is 37.0. The first-order chi connectivity index (χ1) is 6.55. The van der Waals surface area contributed by atoms with Crippen LogP contribution in [0.4, 0.5) is 13.2 Å². The molecule has 0 amide bonds. The molecule has 0 spiro atoms. The molecule has 1 heterocycles. The van der Waals surface area contributed by atoms with Gasteiger partial charge in [0, 0.05) is 18.0 Å². The molecule has 0 aliphatic rings. The van der Waals surface area contributed by atoms with Crippen molar-refractivity contribution in [3.05, 3.63) is 35.7 Å². The molecular weight excluding hydrogens is 195 g/mol. The van der Waals surface area contributed by atoms with E-state index in [0.29, 0.717) is 6.29 Å². The monoisotopic (exact) mass is 201 g/mol. The molecule has 5 heteroatoms. The van der Waals surface area contributed by atoms with Crippen molar-refractivity contribution >= 4 is 12.4 Å². The Hall–Kier alpha value is -1.65. The fraction of sp³-hybridized carbons (Fsp3) is 0.111. The highest BCUT2D eigenvalue weighted by molar-refractivity contribution is 5.74. The summed E-state index contributed by atoms with van der Waals surface area (Å²) in [6.45, 7) is 0. The van der Waals surface area contributed by atoms with Gasteiger partial charge in [-0.15, -0.1) is 0 Å². The second kappa shape index (κ2) is 4.04. The van der Waals surface area contributed by atoms with Crippen LogP contribution in [-0.2, 0) is 11.0 Å².